The number of hydrogen-bond donors (Lipinski definition) is 2. The van der Waals surface area contributed by atoms with Crippen molar-refractivity contribution in [3.05, 3.63) is 46.7 Å². The summed E-state index contributed by atoms with van der Waals surface area (Å²) < 4.78 is 4.38. The van der Waals surface area contributed by atoms with Gasteiger partial charge in [-0.05, 0) is 0 Å². The number of ether oxygens (including phenoxy) is 1. The zero-order valence-electron chi connectivity index (χ0n) is 10.8. The fraction of sp³-hybridized carbons (Fsp3) is 0.143. The molecule has 0 radical (unpaired) electrons. The first kappa shape index (κ1) is 13.2. The molecule has 0 saturated heterocycles. The van der Waals surface area contributed by atoms with Gasteiger partial charge in [0.25, 0.3) is 11.5 Å². The third kappa shape index (κ3) is 1.46. The molecule has 2 N–H and O–H groups in total. The number of rotatable bonds is 1. The predicted octanol–water partition coefficient (Wildman–Crippen LogP) is -0.646. The summed E-state index contributed by atoms with van der Waals surface area (Å²) in [6, 6.07) is 5.93. The van der Waals surface area contributed by atoms with Crippen LogP contribution >= 0.6 is 0 Å². The largest absolute Gasteiger partial charge is 0.466 e. The Labute approximate surface area is 118 Å². The summed E-state index contributed by atoms with van der Waals surface area (Å²) in [6.07, 6.45) is 0. The fourth-order valence-electron chi connectivity index (χ4n) is 2.50. The molecule has 0 aromatic heterocycles. The summed E-state index contributed by atoms with van der Waals surface area (Å²) in [5.41, 5.74) is -3.62. The number of carbonyl (C=O) groups is 4. The number of Topliss-reactive ketones (excluding diaryl/α,β-unsaturated/α-hetero) is 2. The van der Waals surface area contributed by atoms with Crippen LogP contribution in [0.3, 0.4) is 0 Å². The van der Waals surface area contributed by atoms with Crippen LogP contribution in [0.15, 0.2) is 35.5 Å². The van der Waals surface area contributed by atoms with Crippen molar-refractivity contribution >= 4 is 23.4 Å². The van der Waals surface area contributed by atoms with Crippen molar-refractivity contribution in [3.8, 4) is 0 Å². The number of fused-ring (bicyclic) bond motifs is 1. The van der Waals surface area contributed by atoms with Gasteiger partial charge in [-0.25, -0.2) is 4.79 Å². The van der Waals surface area contributed by atoms with Crippen LogP contribution in [0.4, 0.5) is 0 Å². The summed E-state index contributed by atoms with van der Waals surface area (Å²) in [6.45, 7) is 0. The fourth-order valence-corrected chi connectivity index (χ4v) is 2.50. The minimum absolute atomic E-state index is 0.0279. The van der Waals surface area contributed by atoms with E-state index in [2.05, 4.69) is 10.1 Å². The van der Waals surface area contributed by atoms with Crippen LogP contribution in [0, 0.1) is 0 Å². The van der Waals surface area contributed by atoms with Gasteiger partial charge in [0, 0.05) is 11.1 Å². The highest BCUT2D eigenvalue weighted by molar-refractivity contribution is 6.35. The van der Waals surface area contributed by atoms with Crippen LogP contribution in [-0.2, 0) is 14.3 Å². The average Bonchev–Trinajstić information content (AvgIpc) is 2.77. The van der Waals surface area contributed by atoms with Crippen LogP contribution in [0.25, 0.3) is 0 Å². The molecule has 1 heterocycles. The van der Waals surface area contributed by atoms with E-state index in [1.165, 1.54) is 18.2 Å². The number of carbonyl (C=O) groups excluding carboxylic acids is 4. The lowest BCUT2D eigenvalue weighted by Crippen LogP contribution is -2.50. The molecule has 1 amide bonds. The Bertz CT molecular complexity index is 762. The SMILES string of the molecule is COC(=O)[C@@]1(O)C(=O)NC2=C1C(=O)c1ccccc1C2=O. The molecule has 1 aromatic rings. The second kappa shape index (κ2) is 4.10. The number of nitrogens with one attached hydrogen (secondary N) is 1. The van der Waals surface area contributed by atoms with E-state index in [1.54, 1.807) is 6.07 Å². The summed E-state index contributed by atoms with van der Waals surface area (Å²) in [5, 5.41) is 12.4. The monoisotopic (exact) mass is 287 g/mol. The van der Waals surface area contributed by atoms with Gasteiger partial charge in [0.2, 0.25) is 5.78 Å². The molecule has 1 aliphatic heterocycles. The van der Waals surface area contributed by atoms with Crippen molar-refractivity contribution in [2.24, 2.45) is 0 Å². The van der Waals surface area contributed by atoms with Gasteiger partial charge in [-0.1, -0.05) is 24.3 Å². The highest BCUT2D eigenvalue weighted by Gasteiger charge is 2.60. The molecule has 0 spiro atoms. The van der Waals surface area contributed by atoms with E-state index in [1.807, 2.05) is 0 Å². The lowest BCUT2D eigenvalue weighted by Gasteiger charge is -2.22. The van der Waals surface area contributed by atoms with E-state index < -0.39 is 34.6 Å². The molecule has 106 valence electrons. The molecular weight excluding hydrogens is 278 g/mol. The van der Waals surface area contributed by atoms with Gasteiger partial charge < -0.3 is 15.2 Å². The van der Waals surface area contributed by atoms with Crippen LogP contribution in [-0.4, -0.2) is 41.3 Å². The number of benzene rings is 1. The molecule has 2 aliphatic rings. The van der Waals surface area contributed by atoms with Crippen LogP contribution < -0.4 is 5.32 Å². The van der Waals surface area contributed by atoms with Crippen molar-refractivity contribution < 1.29 is 29.0 Å². The Balaban J connectivity index is 2.27. The van der Waals surface area contributed by atoms with Gasteiger partial charge in [-0.15, -0.1) is 0 Å². The van der Waals surface area contributed by atoms with E-state index in [0.29, 0.717) is 0 Å². The maximum atomic E-state index is 12.5. The zero-order valence-corrected chi connectivity index (χ0v) is 10.8. The highest BCUT2D eigenvalue weighted by atomic mass is 16.5. The van der Waals surface area contributed by atoms with Crippen molar-refractivity contribution in [2.45, 2.75) is 5.60 Å². The van der Waals surface area contributed by atoms with Crippen molar-refractivity contribution in [3.63, 3.8) is 0 Å². The van der Waals surface area contributed by atoms with Gasteiger partial charge in [0.1, 0.15) is 5.70 Å². The first-order chi connectivity index (χ1) is 9.92. The van der Waals surface area contributed by atoms with Crippen LogP contribution in [0.1, 0.15) is 20.7 Å². The molecular formula is C14H9NO6. The third-order valence-corrected chi connectivity index (χ3v) is 3.53. The molecule has 0 fully saturated rings. The molecule has 7 heteroatoms. The maximum absolute atomic E-state index is 12.5. The predicted molar refractivity (Wildman–Crippen MR) is 67.2 cm³/mol. The second-order valence-electron chi connectivity index (χ2n) is 4.61. The summed E-state index contributed by atoms with van der Waals surface area (Å²) >= 11 is 0. The Kier molecular flexibility index (Phi) is 2.57. The normalized spacial score (nSPS) is 23.6. The van der Waals surface area contributed by atoms with Crippen LogP contribution in [0.2, 0.25) is 0 Å². The number of aliphatic hydroxyl groups is 1. The van der Waals surface area contributed by atoms with Gasteiger partial charge in [0.15, 0.2) is 5.78 Å². The Hall–Kier alpha value is -2.80. The highest BCUT2D eigenvalue weighted by Crippen LogP contribution is 2.36. The first-order valence-electron chi connectivity index (χ1n) is 5.98. The Morgan fingerprint density at radius 3 is 2.29 bits per heavy atom. The first-order valence-corrected chi connectivity index (χ1v) is 5.98. The average molecular weight is 287 g/mol. The number of amides is 1. The van der Waals surface area contributed by atoms with Crippen molar-refractivity contribution in [2.75, 3.05) is 7.11 Å². The van der Waals surface area contributed by atoms with E-state index in [0.717, 1.165) is 7.11 Å². The maximum Gasteiger partial charge on any atom is 0.352 e. The number of esters is 1. The molecule has 21 heavy (non-hydrogen) atoms. The topological polar surface area (TPSA) is 110 Å². The molecule has 0 unspecified atom stereocenters. The summed E-state index contributed by atoms with van der Waals surface area (Å²) in [7, 11) is 0.967. The van der Waals surface area contributed by atoms with Gasteiger partial charge >= 0.3 is 5.97 Å². The smallest absolute Gasteiger partial charge is 0.352 e. The lowest BCUT2D eigenvalue weighted by atomic mass is 9.81. The van der Waals surface area contributed by atoms with E-state index in [4.69, 9.17) is 0 Å². The minimum atomic E-state index is -2.80. The molecule has 7 nitrogen and oxygen atoms in total. The van der Waals surface area contributed by atoms with Gasteiger partial charge in [-0.3, -0.25) is 14.4 Å². The molecule has 1 atom stereocenters. The molecule has 1 aromatic carbocycles. The standard InChI is InChI=1S/C14H9NO6/c1-21-13(19)14(20)8-9(15-12(14)18)11(17)7-5-3-2-4-6(7)10(8)16/h2-5,20H,1H3,(H,15,18)/t14-/m0/s1. The zero-order chi connectivity index (χ0) is 15.4. The summed E-state index contributed by atoms with van der Waals surface area (Å²) in [4.78, 5) is 48.4. The van der Waals surface area contributed by atoms with Crippen LogP contribution in [0.5, 0.6) is 0 Å². The third-order valence-electron chi connectivity index (χ3n) is 3.53. The minimum Gasteiger partial charge on any atom is -0.466 e. The summed E-state index contributed by atoms with van der Waals surface area (Å²) in [5.74, 6) is -3.88. The van der Waals surface area contributed by atoms with E-state index in [9.17, 15) is 24.3 Å². The van der Waals surface area contributed by atoms with Gasteiger partial charge in [0.05, 0.1) is 12.7 Å². The Morgan fingerprint density at radius 2 is 1.71 bits per heavy atom. The number of methoxy groups -OCH3 is 1. The number of ketones is 2. The van der Waals surface area contributed by atoms with Crippen molar-refractivity contribution in [1.29, 1.82) is 0 Å². The van der Waals surface area contributed by atoms with E-state index in [-0.39, 0.29) is 16.8 Å². The molecule has 0 bridgehead atoms. The molecule has 0 saturated carbocycles. The lowest BCUT2D eigenvalue weighted by molar-refractivity contribution is -0.163. The molecule has 1 aliphatic carbocycles. The Morgan fingerprint density at radius 1 is 1.14 bits per heavy atom. The quantitative estimate of drug-likeness (QED) is 0.525. The van der Waals surface area contributed by atoms with Gasteiger partial charge in [-0.2, -0.15) is 0 Å². The number of hydrogen-bond acceptors (Lipinski definition) is 6. The van der Waals surface area contributed by atoms with E-state index >= 15 is 0 Å². The second-order valence-corrected chi connectivity index (χ2v) is 4.61. The van der Waals surface area contributed by atoms with Crippen molar-refractivity contribution in [1.82, 2.24) is 5.32 Å². The number of allylic oxidation sites excluding steroid dienone is 1. The molecule has 3 rings (SSSR count).